The van der Waals surface area contributed by atoms with Crippen molar-refractivity contribution < 1.29 is 29.3 Å². The lowest BCUT2D eigenvalue weighted by Crippen LogP contribution is -2.56. The number of hydrogen-bond acceptors (Lipinski definition) is 6. The van der Waals surface area contributed by atoms with Crippen LogP contribution in [0.25, 0.3) is 0 Å². The monoisotopic (exact) mass is 547 g/mol. The summed E-state index contributed by atoms with van der Waals surface area (Å²) in [5, 5.41) is 26.6. The van der Waals surface area contributed by atoms with Crippen LogP contribution < -0.4 is 10.6 Å². The Morgan fingerprint density at radius 2 is 1.68 bits per heavy atom. The summed E-state index contributed by atoms with van der Waals surface area (Å²) in [4.78, 5) is 41.5. The molecule has 0 bridgehead atoms. The summed E-state index contributed by atoms with van der Waals surface area (Å²) in [6, 6.07) is 6.84. The van der Waals surface area contributed by atoms with Crippen molar-refractivity contribution in [3.05, 3.63) is 58.1 Å². The lowest BCUT2D eigenvalue weighted by Gasteiger charge is -2.38. The van der Waals surface area contributed by atoms with Gasteiger partial charge in [0.25, 0.3) is 5.91 Å². The maximum Gasteiger partial charge on any atom is 0.408 e. The molecule has 38 heavy (non-hydrogen) atoms. The Balaban J connectivity index is 2.62. The van der Waals surface area contributed by atoms with E-state index in [1.165, 1.54) is 4.90 Å². The SMILES string of the molecule is CCC(C)N(C(=O)C(CO)NC(=O)OC(C)(C)C)C(C(=O)Nc1c(C)cccc1Cl)c1cccc(C)c1O. The zero-order chi connectivity index (χ0) is 28.8. The van der Waals surface area contributed by atoms with E-state index < -0.39 is 48.2 Å². The molecule has 0 aliphatic carbocycles. The number of aryl methyl sites for hydroxylation is 2. The van der Waals surface area contributed by atoms with E-state index in [9.17, 15) is 24.6 Å². The number of aliphatic hydroxyl groups is 1. The zero-order valence-electron chi connectivity index (χ0n) is 23.0. The predicted molar refractivity (Wildman–Crippen MR) is 147 cm³/mol. The van der Waals surface area contributed by atoms with Crippen molar-refractivity contribution in [1.82, 2.24) is 10.2 Å². The van der Waals surface area contributed by atoms with Gasteiger partial charge in [-0.1, -0.05) is 48.9 Å². The van der Waals surface area contributed by atoms with Crippen LogP contribution in [0, 0.1) is 13.8 Å². The number of nitrogens with zero attached hydrogens (tertiary/aromatic N) is 1. The zero-order valence-corrected chi connectivity index (χ0v) is 23.7. The molecule has 0 aromatic heterocycles. The van der Waals surface area contributed by atoms with Crippen LogP contribution in [0.5, 0.6) is 5.75 Å². The summed E-state index contributed by atoms with van der Waals surface area (Å²) in [5.41, 5.74) is 0.954. The van der Waals surface area contributed by atoms with E-state index >= 15 is 0 Å². The molecule has 10 heteroatoms. The fraction of sp³-hybridized carbons (Fsp3) is 0.464. The Bertz CT molecular complexity index is 1140. The first-order valence-electron chi connectivity index (χ1n) is 12.5. The van der Waals surface area contributed by atoms with Crippen molar-refractivity contribution in [3.8, 4) is 5.75 Å². The Labute approximate surface area is 229 Å². The predicted octanol–water partition coefficient (Wildman–Crippen LogP) is 4.85. The van der Waals surface area contributed by atoms with Gasteiger partial charge >= 0.3 is 6.09 Å². The second kappa shape index (κ2) is 13.0. The lowest BCUT2D eigenvalue weighted by atomic mass is 9.97. The van der Waals surface area contributed by atoms with Gasteiger partial charge in [-0.05, 0) is 65.2 Å². The number of phenols is 1. The maximum absolute atomic E-state index is 13.9. The van der Waals surface area contributed by atoms with Gasteiger partial charge in [0, 0.05) is 11.6 Å². The number of anilines is 1. The number of hydrogen-bond donors (Lipinski definition) is 4. The van der Waals surface area contributed by atoms with Gasteiger partial charge < -0.3 is 30.5 Å². The minimum Gasteiger partial charge on any atom is -0.507 e. The molecule has 3 atom stereocenters. The van der Waals surface area contributed by atoms with E-state index in [0.29, 0.717) is 28.3 Å². The smallest absolute Gasteiger partial charge is 0.408 e. The first-order valence-corrected chi connectivity index (χ1v) is 12.9. The van der Waals surface area contributed by atoms with Crippen molar-refractivity contribution in [2.75, 3.05) is 11.9 Å². The van der Waals surface area contributed by atoms with Crippen molar-refractivity contribution in [2.24, 2.45) is 0 Å². The lowest BCUT2D eigenvalue weighted by molar-refractivity contribution is -0.144. The van der Waals surface area contributed by atoms with Gasteiger partial charge in [0.2, 0.25) is 5.91 Å². The number of rotatable bonds is 9. The number of amides is 3. The van der Waals surface area contributed by atoms with Crippen LogP contribution in [-0.2, 0) is 14.3 Å². The largest absolute Gasteiger partial charge is 0.507 e. The number of para-hydroxylation sites is 2. The third-order valence-corrected chi connectivity index (χ3v) is 6.37. The summed E-state index contributed by atoms with van der Waals surface area (Å²) >= 11 is 6.36. The van der Waals surface area contributed by atoms with Crippen LogP contribution >= 0.6 is 11.6 Å². The Kier molecular flexibility index (Phi) is 10.6. The number of carbonyl (C=O) groups excluding carboxylic acids is 3. The third kappa shape index (κ3) is 7.61. The molecule has 0 radical (unpaired) electrons. The quantitative estimate of drug-likeness (QED) is 0.355. The van der Waals surface area contributed by atoms with Gasteiger partial charge in [0.05, 0.1) is 17.3 Å². The number of nitrogens with one attached hydrogen (secondary N) is 2. The molecule has 208 valence electrons. The first kappa shape index (κ1) is 30.9. The molecule has 9 nitrogen and oxygen atoms in total. The van der Waals surface area contributed by atoms with Gasteiger partial charge in [-0.2, -0.15) is 0 Å². The van der Waals surface area contributed by atoms with Crippen molar-refractivity contribution in [1.29, 1.82) is 0 Å². The molecular weight excluding hydrogens is 510 g/mol. The Morgan fingerprint density at radius 3 is 2.24 bits per heavy atom. The molecule has 2 aromatic carbocycles. The molecule has 0 saturated heterocycles. The van der Waals surface area contributed by atoms with Gasteiger partial charge in [0.1, 0.15) is 23.4 Å². The van der Waals surface area contributed by atoms with Crippen LogP contribution in [0.2, 0.25) is 5.02 Å². The highest BCUT2D eigenvalue weighted by Gasteiger charge is 2.40. The number of benzene rings is 2. The van der Waals surface area contributed by atoms with E-state index in [1.807, 2.05) is 6.92 Å². The van der Waals surface area contributed by atoms with E-state index in [4.69, 9.17) is 16.3 Å². The number of phenolic OH excluding ortho intramolecular Hbond substituents is 1. The van der Waals surface area contributed by atoms with Crippen LogP contribution in [-0.4, -0.2) is 57.3 Å². The fourth-order valence-corrected chi connectivity index (χ4v) is 4.18. The van der Waals surface area contributed by atoms with Gasteiger partial charge in [-0.3, -0.25) is 9.59 Å². The molecule has 0 fully saturated rings. The molecule has 0 saturated carbocycles. The van der Waals surface area contributed by atoms with E-state index in [1.54, 1.807) is 77.9 Å². The molecule has 0 spiro atoms. The second-order valence-corrected chi connectivity index (χ2v) is 10.6. The number of aromatic hydroxyl groups is 1. The van der Waals surface area contributed by atoms with E-state index in [0.717, 1.165) is 0 Å². The van der Waals surface area contributed by atoms with Crippen molar-refractivity contribution in [3.63, 3.8) is 0 Å². The summed E-state index contributed by atoms with van der Waals surface area (Å²) < 4.78 is 5.25. The van der Waals surface area contributed by atoms with Crippen LogP contribution in [0.3, 0.4) is 0 Å². The molecule has 0 aliphatic heterocycles. The highest BCUT2D eigenvalue weighted by Crippen LogP contribution is 2.35. The van der Waals surface area contributed by atoms with Crippen molar-refractivity contribution in [2.45, 2.75) is 78.6 Å². The average molecular weight is 548 g/mol. The topological polar surface area (TPSA) is 128 Å². The number of halogens is 1. The van der Waals surface area contributed by atoms with Gasteiger partial charge in [-0.15, -0.1) is 0 Å². The maximum atomic E-state index is 13.9. The fourth-order valence-electron chi connectivity index (χ4n) is 3.91. The Morgan fingerprint density at radius 1 is 1.08 bits per heavy atom. The third-order valence-electron chi connectivity index (χ3n) is 6.05. The number of carbonyl (C=O) groups is 3. The first-order chi connectivity index (χ1) is 17.7. The van der Waals surface area contributed by atoms with Crippen LogP contribution in [0.1, 0.15) is 63.8 Å². The molecular formula is C28H38ClN3O6. The standard InChI is InChI=1S/C28H38ClN3O6/c1-8-18(4)32(26(36)21(15-33)30-27(37)38-28(5,6)7)23(19-13-9-12-17(3)24(19)34)25(35)31-22-16(2)11-10-14-20(22)29/h9-14,18,21,23,33-34H,8,15H2,1-7H3,(H,30,37)(H,31,35). The summed E-state index contributed by atoms with van der Waals surface area (Å²) in [6.07, 6.45) is -0.447. The molecule has 2 aromatic rings. The van der Waals surface area contributed by atoms with Crippen molar-refractivity contribution >= 4 is 35.2 Å². The van der Waals surface area contributed by atoms with E-state index in [-0.39, 0.29) is 11.3 Å². The second-order valence-electron chi connectivity index (χ2n) is 10.2. The molecule has 3 amide bonds. The van der Waals surface area contributed by atoms with Crippen LogP contribution in [0.4, 0.5) is 10.5 Å². The minimum atomic E-state index is -1.40. The molecule has 0 aliphatic rings. The normalized spacial score (nSPS) is 13.7. The van der Waals surface area contributed by atoms with Gasteiger partial charge in [0.15, 0.2) is 0 Å². The molecule has 0 heterocycles. The summed E-state index contributed by atoms with van der Waals surface area (Å²) in [5.74, 6) is -1.49. The number of ether oxygens (including phenoxy) is 1. The number of aliphatic hydroxyl groups excluding tert-OH is 1. The van der Waals surface area contributed by atoms with E-state index in [2.05, 4.69) is 10.6 Å². The Hall–Kier alpha value is -3.30. The van der Waals surface area contributed by atoms with Gasteiger partial charge in [-0.25, -0.2) is 4.79 Å². The minimum absolute atomic E-state index is 0.148. The average Bonchev–Trinajstić information content (AvgIpc) is 2.83. The molecule has 3 unspecified atom stereocenters. The molecule has 4 N–H and O–H groups in total. The highest BCUT2D eigenvalue weighted by molar-refractivity contribution is 6.34. The van der Waals surface area contributed by atoms with Crippen LogP contribution in [0.15, 0.2) is 36.4 Å². The number of alkyl carbamates (subject to hydrolysis) is 1. The molecule has 2 rings (SSSR count). The summed E-state index contributed by atoms with van der Waals surface area (Å²) in [7, 11) is 0. The summed E-state index contributed by atoms with van der Waals surface area (Å²) in [6.45, 7) is 11.3. The highest BCUT2D eigenvalue weighted by atomic mass is 35.5.